The fourth-order valence-electron chi connectivity index (χ4n) is 4.22. The van der Waals surface area contributed by atoms with Crippen molar-refractivity contribution in [3.8, 4) is 0 Å². The number of nitrogens with zero attached hydrogens (tertiary/aromatic N) is 4. The first-order valence-corrected chi connectivity index (χ1v) is 12.1. The van der Waals surface area contributed by atoms with Gasteiger partial charge in [0.1, 0.15) is 0 Å². The number of amides is 3. The Kier molecular flexibility index (Phi) is 8.48. The van der Waals surface area contributed by atoms with Crippen LogP contribution in [-0.4, -0.2) is 66.1 Å². The number of para-hydroxylation sites is 2. The van der Waals surface area contributed by atoms with E-state index in [-0.39, 0.29) is 6.03 Å². The third kappa shape index (κ3) is 6.38. The lowest BCUT2D eigenvalue weighted by atomic mass is 10.1. The maximum Gasteiger partial charge on any atom is 0.329 e. The van der Waals surface area contributed by atoms with Gasteiger partial charge >= 0.3 is 6.03 Å². The highest BCUT2D eigenvalue weighted by Crippen LogP contribution is 2.31. The number of rotatable bonds is 9. The van der Waals surface area contributed by atoms with Crippen LogP contribution in [0.3, 0.4) is 0 Å². The lowest BCUT2D eigenvalue weighted by Crippen LogP contribution is -2.43. The van der Waals surface area contributed by atoms with Gasteiger partial charge in [-0.1, -0.05) is 24.3 Å². The molecule has 4 N–H and O–H groups in total. The van der Waals surface area contributed by atoms with Crippen LogP contribution in [-0.2, 0) is 11.3 Å². The monoisotopic (exact) mass is 488 g/mol. The molecule has 2 aromatic carbocycles. The number of hydrogen-bond acceptors (Lipinski definition) is 6. The number of pyridine rings is 1. The standard InChI is InChI=1S/C27H32N6O3/c28-24-6-1-2-7-25(24)33(23-5-3-12-30-19-23)27(35)32(14-4-13-31-15-17-36-18-16-31)20-21-8-10-22(11-9-21)26(29)34/h1-3,5-12,19H,4,13-18,20,28H2,(H2,29,34). The quantitative estimate of drug-likeness (QED) is 0.447. The molecule has 0 atom stereocenters. The van der Waals surface area contributed by atoms with Crippen LogP contribution in [0.4, 0.5) is 21.9 Å². The third-order valence-electron chi connectivity index (χ3n) is 6.16. The smallest absolute Gasteiger partial charge is 0.329 e. The van der Waals surface area contributed by atoms with Gasteiger partial charge < -0.3 is 21.1 Å². The first-order chi connectivity index (χ1) is 17.5. The van der Waals surface area contributed by atoms with E-state index in [1.807, 2.05) is 36.4 Å². The van der Waals surface area contributed by atoms with Gasteiger partial charge in [0, 0.05) is 44.5 Å². The summed E-state index contributed by atoms with van der Waals surface area (Å²) in [6.07, 6.45) is 4.12. The molecule has 1 aromatic heterocycles. The van der Waals surface area contributed by atoms with E-state index in [0.29, 0.717) is 35.7 Å². The van der Waals surface area contributed by atoms with Crippen LogP contribution >= 0.6 is 0 Å². The van der Waals surface area contributed by atoms with E-state index in [4.69, 9.17) is 16.2 Å². The number of hydrogen-bond donors (Lipinski definition) is 2. The van der Waals surface area contributed by atoms with Gasteiger partial charge in [-0.15, -0.1) is 0 Å². The minimum Gasteiger partial charge on any atom is -0.397 e. The summed E-state index contributed by atoms with van der Waals surface area (Å²) in [7, 11) is 0. The predicted molar refractivity (Wildman–Crippen MR) is 140 cm³/mol. The summed E-state index contributed by atoms with van der Waals surface area (Å²) in [6.45, 7) is 5.03. The van der Waals surface area contributed by atoms with E-state index in [0.717, 1.165) is 44.8 Å². The van der Waals surface area contributed by atoms with Gasteiger partial charge in [0.05, 0.1) is 36.5 Å². The van der Waals surface area contributed by atoms with E-state index in [1.165, 1.54) is 0 Å². The van der Waals surface area contributed by atoms with Crippen molar-refractivity contribution in [1.29, 1.82) is 0 Å². The summed E-state index contributed by atoms with van der Waals surface area (Å²) in [5.41, 5.74) is 14.7. The number of nitrogen functional groups attached to an aromatic ring is 1. The van der Waals surface area contributed by atoms with Gasteiger partial charge in [-0.3, -0.25) is 19.6 Å². The topological polar surface area (TPSA) is 118 Å². The zero-order chi connectivity index (χ0) is 25.3. The Morgan fingerprint density at radius 1 is 1.00 bits per heavy atom. The number of benzene rings is 2. The Bertz CT molecular complexity index is 1150. The molecule has 9 heteroatoms. The molecule has 1 saturated heterocycles. The van der Waals surface area contributed by atoms with E-state index < -0.39 is 5.91 Å². The Morgan fingerprint density at radius 2 is 1.75 bits per heavy atom. The van der Waals surface area contributed by atoms with Gasteiger partial charge in [0.15, 0.2) is 0 Å². The normalized spacial score (nSPS) is 13.8. The zero-order valence-corrected chi connectivity index (χ0v) is 20.3. The molecule has 1 aliphatic rings. The van der Waals surface area contributed by atoms with Gasteiger partial charge in [-0.2, -0.15) is 0 Å². The summed E-state index contributed by atoms with van der Waals surface area (Å²) < 4.78 is 5.45. The molecule has 0 spiro atoms. The predicted octanol–water partition coefficient (Wildman–Crippen LogP) is 3.25. The number of nitrogens with two attached hydrogens (primary N) is 2. The average molecular weight is 489 g/mol. The lowest BCUT2D eigenvalue weighted by Gasteiger charge is -2.32. The van der Waals surface area contributed by atoms with Crippen molar-refractivity contribution in [2.75, 3.05) is 50.0 Å². The van der Waals surface area contributed by atoms with Crippen LogP contribution in [0.2, 0.25) is 0 Å². The summed E-state index contributed by atoms with van der Waals surface area (Å²) >= 11 is 0. The Balaban J connectivity index is 1.61. The fourth-order valence-corrected chi connectivity index (χ4v) is 4.22. The summed E-state index contributed by atoms with van der Waals surface area (Å²) in [5.74, 6) is -0.484. The van der Waals surface area contributed by atoms with Gasteiger partial charge in [0.2, 0.25) is 5.91 Å². The number of carbonyl (C=O) groups is 2. The summed E-state index contributed by atoms with van der Waals surface area (Å²) in [6, 6.07) is 17.7. The van der Waals surface area contributed by atoms with Crippen LogP contribution in [0.25, 0.3) is 0 Å². The first-order valence-electron chi connectivity index (χ1n) is 12.1. The first kappa shape index (κ1) is 25.2. The molecule has 188 valence electrons. The molecule has 0 unspecified atom stereocenters. The van der Waals surface area contributed by atoms with Crippen molar-refractivity contribution >= 4 is 29.0 Å². The highest BCUT2D eigenvalue weighted by molar-refractivity contribution is 6.02. The Morgan fingerprint density at radius 3 is 2.42 bits per heavy atom. The molecule has 4 rings (SSSR count). The molecule has 0 radical (unpaired) electrons. The van der Waals surface area contributed by atoms with Crippen LogP contribution in [0.15, 0.2) is 73.1 Å². The van der Waals surface area contributed by atoms with Crippen LogP contribution in [0.5, 0.6) is 0 Å². The minimum absolute atomic E-state index is 0.207. The molecule has 3 aromatic rings. The zero-order valence-electron chi connectivity index (χ0n) is 20.3. The second kappa shape index (κ2) is 12.1. The molecule has 0 aliphatic carbocycles. The van der Waals surface area contributed by atoms with E-state index in [9.17, 15) is 9.59 Å². The SMILES string of the molecule is NC(=O)c1ccc(CN(CCCN2CCOCC2)C(=O)N(c2cccnc2)c2ccccc2N)cc1. The van der Waals surface area contributed by atoms with Crippen molar-refractivity contribution in [3.05, 3.63) is 84.2 Å². The van der Waals surface area contributed by atoms with Gasteiger partial charge in [-0.25, -0.2) is 4.79 Å². The molecular formula is C27H32N6O3. The molecule has 9 nitrogen and oxygen atoms in total. The molecule has 2 heterocycles. The van der Waals surface area contributed by atoms with Crippen molar-refractivity contribution in [1.82, 2.24) is 14.8 Å². The van der Waals surface area contributed by atoms with E-state index in [1.54, 1.807) is 46.5 Å². The highest BCUT2D eigenvalue weighted by atomic mass is 16.5. The number of aromatic nitrogens is 1. The number of morpholine rings is 1. The number of primary amides is 1. The van der Waals surface area contributed by atoms with Crippen molar-refractivity contribution < 1.29 is 14.3 Å². The maximum atomic E-state index is 14.1. The summed E-state index contributed by atoms with van der Waals surface area (Å²) in [4.78, 5) is 35.6. The van der Waals surface area contributed by atoms with Crippen molar-refractivity contribution in [2.24, 2.45) is 5.73 Å². The van der Waals surface area contributed by atoms with Crippen molar-refractivity contribution in [3.63, 3.8) is 0 Å². The van der Waals surface area contributed by atoms with Crippen LogP contribution in [0.1, 0.15) is 22.3 Å². The fraction of sp³-hybridized carbons (Fsp3) is 0.296. The number of ether oxygens (including phenoxy) is 1. The molecule has 1 aliphatic heterocycles. The molecule has 0 saturated carbocycles. The van der Waals surface area contributed by atoms with E-state index in [2.05, 4.69) is 9.88 Å². The molecule has 1 fully saturated rings. The Hall–Kier alpha value is -3.95. The number of anilines is 3. The highest BCUT2D eigenvalue weighted by Gasteiger charge is 2.26. The average Bonchev–Trinajstić information content (AvgIpc) is 2.91. The van der Waals surface area contributed by atoms with Crippen molar-refractivity contribution in [2.45, 2.75) is 13.0 Å². The largest absolute Gasteiger partial charge is 0.397 e. The molecular weight excluding hydrogens is 456 g/mol. The molecule has 0 bridgehead atoms. The second-order valence-corrected chi connectivity index (χ2v) is 8.68. The summed E-state index contributed by atoms with van der Waals surface area (Å²) in [5, 5.41) is 0. The molecule has 36 heavy (non-hydrogen) atoms. The van der Waals surface area contributed by atoms with Gasteiger partial charge in [-0.05, 0) is 48.4 Å². The maximum absolute atomic E-state index is 14.1. The van der Waals surface area contributed by atoms with E-state index >= 15 is 0 Å². The van der Waals surface area contributed by atoms with Crippen LogP contribution < -0.4 is 16.4 Å². The van der Waals surface area contributed by atoms with Gasteiger partial charge in [0.25, 0.3) is 0 Å². The minimum atomic E-state index is -0.484. The second-order valence-electron chi connectivity index (χ2n) is 8.68. The number of urea groups is 1. The lowest BCUT2D eigenvalue weighted by molar-refractivity contribution is 0.0365. The van der Waals surface area contributed by atoms with Crippen LogP contribution in [0, 0.1) is 0 Å². The number of carbonyl (C=O) groups excluding carboxylic acids is 2. The third-order valence-corrected chi connectivity index (χ3v) is 6.16. The molecule has 3 amide bonds. The Labute approximate surface area is 211 Å².